The van der Waals surface area contributed by atoms with Crippen LogP contribution in [0.15, 0.2) is 0 Å². The van der Waals surface area contributed by atoms with Gasteiger partial charge in [0.2, 0.25) is 0 Å². The van der Waals surface area contributed by atoms with Gasteiger partial charge >= 0.3 is 21.1 Å². The molecule has 3 nitrogen and oxygen atoms in total. The molecule has 0 unspecified atom stereocenters. The van der Waals surface area contributed by atoms with Gasteiger partial charge in [-0.15, -0.1) is 12.4 Å². The van der Waals surface area contributed by atoms with Gasteiger partial charge in [-0.25, -0.2) is 0 Å². The van der Waals surface area contributed by atoms with Gasteiger partial charge in [-0.3, -0.25) is 0 Å². The molecule has 19 heavy (non-hydrogen) atoms. The van der Waals surface area contributed by atoms with Crippen molar-refractivity contribution in [3.05, 3.63) is 5.73 Å². The first kappa shape index (κ1) is 28.3. The van der Waals surface area contributed by atoms with Crippen LogP contribution in [0.2, 0.25) is 0 Å². The van der Waals surface area contributed by atoms with E-state index in [2.05, 4.69) is 17.6 Å². The first-order valence-electron chi connectivity index (χ1n) is 6.97. The summed E-state index contributed by atoms with van der Waals surface area (Å²) >= 11 is 0. The van der Waals surface area contributed by atoms with E-state index in [0.717, 1.165) is 32.6 Å². The molecule has 1 rings (SSSR count). The van der Waals surface area contributed by atoms with Crippen LogP contribution in [-0.4, -0.2) is 32.7 Å². The Hall–Kier alpha value is 1.15. The van der Waals surface area contributed by atoms with E-state index in [1.807, 2.05) is 0 Å². The van der Waals surface area contributed by atoms with E-state index in [9.17, 15) is 0 Å². The summed E-state index contributed by atoms with van der Waals surface area (Å²) in [5.41, 5.74) is 6.92. The number of unbranched alkanes of at least 4 members (excludes halogenated alkanes) is 6. The monoisotopic (exact) mass is 494 g/mol. The molecule has 6 heteroatoms. The van der Waals surface area contributed by atoms with Crippen molar-refractivity contribution in [2.45, 2.75) is 51.9 Å². The molecule has 0 spiro atoms. The minimum atomic E-state index is 0. The number of hydrogen-bond acceptors (Lipinski definition) is 2. The summed E-state index contributed by atoms with van der Waals surface area (Å²) in [7, 11) is 0. The SMILES string of the molecule is C1CNCCN1.CCCCCCCCC[NH-].Cl.[Cl-].[Pt+2]. The molecule has 0 amide bonds. The molecule has 0 atom stereocenters. The van der Waals surface area contributed by atoms with E-state index in [4.69, 9.17) is 5.73 Å². The van der Waals surface area contributed by atoms with Gasteiger partial charge in [0.15, 0.2) is 0 Å². The molecule has 0 aromatic rings. The van der Waals surface area contributed by atoms with Gasteiger partial charge in [0.25, 0.3) is 0 Å². The van der Waals surface area contributed by atoms with Gasteiger partial charge in [-0.2, -0.15) is 6.54 Å². The van der Waals surface area contributed by atoms with Gasteiger partial charge in [-0.05, 0) is 0 Å². The van der Waals surface area contributed by atoms with Crippen LogP contribution < -0.4 is 23.0 Å². The second-order valence-corrected chi connectivity index (χ2v) is 4.37. The third-order valence-electron chi connectivity index (χ3n) is 2.74. The van der Waals surface area contributed by atoms with Crippen molar-refractivity contribution in [3.8, 4) is 0 Å². The van der Waals surface area contributed by atoms with Crippen LogP contribution in [0.1, 0.15) is 51.9 Å². The van der Waals surface area contributed by atoms with Crippen molar-refractivity contribution < 1.29 is 33.5 Å². The van der Waals surface area contributed by atoms with Crippen molar-refractivity contribution in [2.24, 2.45) is 0 Å². The first-order chi connectivity index (χ1) is 7.91. The van der Waals surface area contributed by atoms with Crippen LogP contribution in [0.3, 0.4) is 0 Å². The van der Waals surface area contributed by atoms with E-state index < -0.39 is 0 Å². The molecule has 0 saturated carbocycles. The molecule has 1 heterocycles. The molecule has 3 N–H and O–H groups in total. The van der Waals surface area contributed by atoms with Gasteiger partial charge in [0.1, 0.15) is 0 Å². The Morgan fingerprint density at radius 2 is 1.16 bits per heavy atom. The van der Waals surface area contributed by atoms with Crippen molar-refractivity contribution >= 4 is 12.4 Å². The summed E-state index contributed by atoms with van der Waals surface area (Å²) in [5, 5.41) is 6.44. The summed E-state index contributed by atoms with van der Waals surface area (Å²) in [6, 6.07) is 0. The molecule has 0 aromatic carbocycles. The third kappa shape index (κ3) is 28.1. The Labute approximate surface area is 146 Å². The minimum Gasteiger partial charge on any atom is -1.00 e. The summed E-state index contributed by atoms with van der Waals surface area (Å²) in [6.45, 7) is 7.41. The average Bonchev–Trinajstić information content (AvgIpc) is 2.37. The molecular weight excluding hydrogens is 464 g/mol. The maximum absolute atomic E-state index is 6.92. The standard InChI is InChI=1S/C9H20N.C4H10N2.2ClH.Pt/c1-2-3-4-5-6-7-8-9-10;1-2-6-4-3-5-1;;;/h10H,2-9H2,1H3;5-6H,1-4H2;2*1H;/q-1;;;;+2/p-1. The van der Waals surface area contributed by atoms with Crippen molar-refractivity contribution in [2.75, 3.05) is 32.7 Å². The third-order valence-corrected chi connectivity index (χ3v) is 2.74. The van der Waals surface area contributed by atoms with Gasteiger partial charge in [0.05, 0.1) is 0 Å². The largest absolute Gasteiger partial charge is 2.00 e. The van der Waals surface area contributed by atoms with Crippen LogP contribution in [0, 0.1) is 0 Å². The number of piperazine rings is 1. The van der Waals surface area contributed by atoms with E-state index in [1.54, 1.807) is 0 Å². The Kier molecular flexibility index (Phi) is 41.0. The maximum Gasteiger partial charge on any atom is 2.00 e. The minimum absolute atomic E-state index is 0. The van der Waals surface area contributed by atoms with Crippen molar-refractivity contribution in [1.82, 2.24) is 10.6 Å². The number of hydrogen-bond donors (Lipinski definition) is 2. The van der Waals surface area contributed by atoms with Gasteiger partial charge in [0, 0.05) is 26.2 Å². The topological polar surface area (TPSA) is 47.9 Å². The Bertz CT molecular complexity index is 109. The molecule has 1 aliphatic heterocycles. The van der Waals surface area contributed by atoms with E-state index >= 15 is 0 Å². The van der Waals surface area contributed by atoms with Crippen LogP contribution in [-0.2, 0) is 21.1 Å². The Morgan fingerprint density at radius 1 is 0.789 bits per heavy atom. The fraction of sp³-hybridized carbons (Fsp3) is 1.00. The Morgan fingerprint density at radius 3 is 1.47 bits per heavy atom. The molecule has 0 bridgehead atoms. The summed E-state index contributed by atoms with van der Waals surface area (Å²) in [5.74, 6) is 0. The predicted molar refractivity (Wildman–Crippen MR) is 80.2 cm³/mol. The maximum atomic E-state index is 6.92. The fourth-order valence-electron chi connectivity index (χ4n) is 1.69. The summed E-state index contributed by atoms with van der Waals surface area (Å²) < 4.78 is 0. The zero-order valence-corrected chi connectivity index (χ0v) is 15.9. The molecule has 0 aliphatic carbocycles. The van der Waals surface area contributed by atoms with E-state index in [0.29, 0.717) is 6.54 Å². The molecule has 1 aliphatic rings. The smallest absolute Gasteiger partial charge is 1.00 e. The van der Waals surface area contributed by atoms with Crippen LogP contribution in [0.25, 0.3) is 5.73 Å². The molecule has 1 saturated heterocycles. The quantitative estimate of drug-likeness (QED) is 0.503. The van der Waals surface area contributed by atoms with Crippen LogP contribution in [0.5, 0.6) is 0 Å². The average molecular weight is 495 g/mol. The second-order valence-electron chi connectivity index (χ2n) is 4.37. The van der Waals surface area contributed by atoms with Crippen molar-refractivity contribution in [3.63, 3.8) is 0 Å². The molecule has 122 valence electrons. The number of rotatable bonds is 7. The molecular formula is C13H31Cl2N3Pt. The van der Waals surface area contributed by atoms with Crippen LogP contribution in [0.4, 0.5) is 0 Å². The second kappa shape index (κ2) is 27.5. The predicted octanol–water partition coefficient (Wildman–Crippen LogP) is 0.392. The fourth-order valence-corrected chi connectivity index (χ4v) is 1.69. The molecule has 0 radical (unpaired) electrons. The Balaban J connectivity index is -0.000000110. The van der Waals surface area contributed by atoms with Crippen molar-refractivity contribution in [1.29, 1.82) is 0 Å². The first-order valence-corrected chi connectivity index (χ1v) is 6.97. The van der Waals surface area contributed by atoms with Gasteiger partial charge < -0.3 is 28.8 Å². The zero-order valence-electron chi connectivity index (χ0n) is 12.1. The number of halogens is 2. The van der Waals surface area contributed by atoms with E-state index in [-0.39, 0.29) is 45.9 Å². The molecule has 0 aromatic heterocycles. The number of nitrogens with one attached hydrogen (secondary N) is 3. The van der Waals surface area contributed by atoms with E-state index in [1.165, 1.54) is 38.5 Å². The summed E-state index contributed by atoms with van der Waals surface area (Å²) in [6.07, 6.45) is 9.22. The summed E-state index contributed by atoms with van der Waals surface area (Å²) in [4.78, 5) is 0. The molecule has 1 fully saturated rings. The normalized spacial score (nSPS) is 12.9. The van der Waals surface area contributed by atoms with Gasteiger partial charge in [-0.1, -0.05) is 51.9 Å². The zero-order chi connectivity index (χ0) is 11.9. The van der Waals surface area contributed by atoms with Crippen LogP contribution >= 0.6 is 12.4 Å².